The van der Waals surface area contributed by atoms with Crippen LogP contribution >= 0.6 is 0 Å². The Bertz CT molecular complexity index is 398. The van der Waals surface area contributed by atoms with Gasteiger partial charge in [0.15, 0.2) is 0 Å². The van der Waals surface area contributed by atoms with Crippen molar-refractivity contribution >= 4 is 5.69 Å². The first-order valence-corrected chi connectivity index (χ1v) is 7.12. The van der Waals surface area contributed by atoms with E-state index in [1.54, 1.807) is 0 Å². The lowest BCUT2D eigenvalue weighted by Gasteiger charge is -2.31. The van der Waals surface area contributed by atoms with Gasteiger partial charge in [0.25, 0.3) is 0 Å². The predicted molar refractivity (Wildman–Crippen MR) is 76.3 cm³/mol. The molecule has 0 bridgehead atoms. The summed E-state index contributed by atoms with van der Waals surface area (Å²) in [7, 11) is 0. The Labute approximate surface area is 110 Å². The van der Waals surface area contributed by atoms with Gasteiger partial charge >= 0.3 is 0 Å². The number of rotatable bonds is 3. The molecule has 0 aromatic heterocycles. The first-order chi connectivity index (χ1) is 8.84. The van der Waals surface area contributed by atoms with Crippen molar-refractivity contribution < 1.29 is 0 Å². The van der Waals surface area contributed by atoms with Crippen LogP contribution in [0.3, 0.4) is 0 Å². The maximum atomic E-state index is 3.41. The Morgan fingerprint density at radius 1 is 1.17 bits per heavy atom. The van der Waals surface area contributed by atoms with Crippen LogP contribution in [0.5, 0.6) is 0 Å². The minimum absolute atomic E-state index is 0.658. The Kier molecular flexibility index (Phi) is 3.52. The summed E-state index contributed by atoms with van der Waals surface area (Å²) >= 11 is 0. The largest absolute Gasteiger partial charge is 0.367 e. The minimum Gasteiger partial charge on any atom is -0.367 e. The van der Waals surface area contributed by atoms with Crippen LogP contribution in [0.15, 0.2) is 24.3 Å². The summed E-state index contributed by atoms with van der Waals surface area (Å²) in [5, 5.41) is 3.41. The van der Waals surface area contributed by atoms with E-state index in [9.17, 15) is 0 Å². The molecule has 1 aromatic carbocycles. The van der Waals surface area contributed by atoms with Gasteiger partial charge in [0.1, 0.15) is 0 Å². The number of nitrogens with zero attached hydrogens (tertiary/aromatic N) is 2. The molecule has 1 N–H and O–H groups in total. The zero-order valence-electron chi connectivity index (χ0n) is 11.2. The van der Waals surface area contributed by atoms with Crippen LogP contribution in [0.4, 0.5) is 5.69 Å². The summed E-state index contributed by atoms with van der Waals surface area (Å²) in [5.41, 5.74) is 2.98. The van der Waals surface area contributed by atoms with E-state index in [0.717, 1.165) is 19.6 Å². The number of para-hydroxylation sites is 1. The van der Waals surface area contributed by atoms with Gasteiger partial charge in [-0.1, -0.05) is 18.2 Å². The normalized spacial score (nSPS) is 24.3. The zero-order valence-corrected chi connectivity index (χ0v) is 11.2. The summed E-state index contributed by atoms with van der Waals surface area (Å²) in [6.45, 7) is 9.39. The molecule has 0 radical (unpaired) electrons. The summed E-state index contributed by atoms with van der Waals surface area (Å²) in [6.07, 6.45) is 1.21. The van der Waals surface area contributed by atoms with Crippen molar-refractivity contribution in [2.45, 2.75) is 19.4 Å². The average molecular weight is 245 g/mol. The molecule has 0 saturated carbocycles. The Hall–Kier alpha value is -1.06. The molecule has 3 nitrogen and oxygen atoms in total. The van der Waals surface area contributed by atoms with E-state index in [0.29, 0.717) is 6.04 Å². The first-order valence-electron chi connectivity index (χ1n) is 7.12. The van der Waals surface area contributed by atoms with Crippen molar-refractivity contribution in [1.82, 2.24) is 10.2 Å². The third-order valence-electron chi connectivity index (χ3n) is 4.22. The van der Waals surface area contributed by atoms with Gasteiger partial charge in [-0.15, -0.1) is 0 Å². The fourth-order valence-electron chi connectivity index (χ4n) is 3.15. The van der Waals surface area contributed by atoms with Gasteiger partial charge in [0.05, 0.1) is 0 Å². The molecular weight excluding hydrogens is 222 g/mol. The molecule has 0 spiro atoms. The van der Waals surface area contributed by atoms with Gasteiger partial charge in [-0.25, -0.2) is 0 Å². The second kappa shape index (κ2) is 5.29. The number of anilines is 1. The van der Waals surface area contributed by atoms with Crippen LogP contribution in [-0.2, 0) is 6.42 Å². The lowest BCUT2D eigenvalue weighted by atomic mass is 10.1. The highest BCUT2D eigenvalue weighted by atomic mass is 15.2. The van der Waals surface area contributed by atoms with Gasteiger partial charge in [0, 0.05) is 51.0 Å². The van der Waals surface area contributed by atoms with Crippen molar-refractivity contribution in [3.63, 3.8) is 0 Å². The van der Waals surface area contributed by atoms with E-state index < -0.39 is 0 Å². The number of hydrogen-bond donors (Lipinski definition) is 1. The van der Waals surface area contributed by atoms with Crippen molar-refractivity contribution in [1.29, 1.82) is 0 Å². The molecule has 2 aliphatic rings. The molecule has 3 rings (SSSR count). The fraction of sp³-hybridized carbons (Fsp3) is 0.600. The standard InChI is InChI=1S/C15H23N3/c1-13-12-14-4-2-3-5-15(14)18(13)11-10-17-8-6-16-7-9-17/h2-5,13,16H,6-12H2,1H3. The van der Waals surface area contributed by atoms with Crippen LogP contribution in [0, 0.1) is 0 Å². The highest BCUT2D eigenvalue weighted by Gasteiger charge is 2.25. The summed E-state index contributed by atoms with van der Waals surface area (Å²) in [5.74, 6) is 0. The van der Waals surface area contributed by atoms with E-state index in [4.69, 9.17) is 0 Å². The number of piperazine rings is 1. The molecule has 3 heteroatoms. The van der Waals surface area contributed by atoms with Gasteiger partial charge in [-0.3, -0.25) is 4.90 Å². The van der Waals surface area contributed by atoms with Crippen molar-refractivity contribution in [2.75, 3.05) is 44.2 Å². The van der Waals surface area contributed by atoms with Gasteiger partial charge < -0.3 is 10.2 Å². The molecular formula is C15H23N3. The maximum Gasteiger partial charge on any atom is 0.0402 e. The topological polar surface area (TPSA) is 18.5 Å². The SMILES string of the molecule is CC1Cc2ccccc2N1CCN1CCNCC1. The molecule has 2 aliphatic heterocycles. The second-order valence-corrected chi connectivity index (χ2v) is 5.47. The smallest absolute Gasteiger partial charge is 0.0402 e. The number of fused-ring (bicyclic) bond motifs is 1. The first kappa shape index (κ1) is 12.0. The minimum atomic E-state index is 0.658. The summed E-state index contributed by atoms with van der Waals surface area (Å²) < 4.78 is 0. The quantitative estimate of drug-likeness (QED) is 0.867. The van der Waals surface area contributed by atoms with Crippen LogP contribution < -0.4 is 10.2 Å². The van der Waals surface area contributed by atoms with Crippen LogP contribution in [0.25, 0.3) is 0 Å². The molecule has 1 atom stereocenters. The second-order valence-electron chi connectivity index (χ2n) is 5.47. The summed E-state index contributed by atoms with van der Waals surface area (Å²) in [6, 6.07) is 9.53. The molecule has 18 heavy (non-hydrogen) atoms. The Balaban J connectivity index is 1.62. The third kappa shape index (κ3) is 2.38. The Morgan fingerprint density at radius 2 is 1.94 bits per heavy atom. The number of hydrogen-bond acceptors (Lipinski definition) is 3. The highest BCUT2D eigenvalue weighted by Crippen LogP contribution is 2.31. The van der Waals surface area contributed by atoms with Crippen LogP contribution in [0.2, 0.25) is 0 Å². The molecule has 1 aromatic rings. The van der Waals surface area contributed by atoms with E-state index in [1.807, 2.05) is 0 Å². The molecule has 98 valence electrons. The monoisotopic (exact) mass is 245 g/mol. The van der Waals surface area contributed by atoms with E-state index >= 15 is 0 Å². The van der Waals surface area contributed by atoms with E-state index in [-0.39, 0.29) is 0 Å². The lowest BCUT2D eigenvalue weighted by molar-refractivity contribution is 0.244. The van der Waals surface area contributed by atoms with Gasteiger partial charge in [-0.2, -0.15) is 0 Å². The molecule has 1 unspecified atom stereocenters. The predicted octanol–water partition coefficient (Wildman–Crippen LogP) is 1.34. The molecule has 2 heterocycles. The van der Waals surface area contributed by atoms with Crippen molar-refractivity contribution in [3.8, 4) is 0 Å². The number of benzene rings is 1. The van der Waals surface area contributed by atoms with Crippen LogP contribution in [0.1, 0.15) is 12.5 Å². The van der Waals surface area contributed by atoms with E-state index in [1.165, 1.54) is 37.3 Å². The Morgan fingerprint density at radius 3 is 2.78 bits per heavy atom. The lowest BCUT2D eigenvalue weighted by Crippen LogP contribution is -2.47. The van der Waals surface area contributed by atoms with Gasteiger partial charge in [-0.05, 0) is 25.0 Å². The van der Waals surface area contributed by atoms with Crippen molar-refractivity contribution in [3.05, 3.63) is 29.8 Å². The highest BCUT2D eigenvalue weighted by molar-refractivity contribution is 5.59. The van der Waals surface area contributed by atoms with Crippen molar-refractivity contribution in [2.24, 2.45) is 0 Å². The molecule has 0 aliphatic carbocycles. The molecule has 0 amide bonds. The van der Waals surface area contributed by atoms with Crippen LogP contribution in [-0.4, -0.2) is 50.2 Å². The van der Waals surface area contributed by atoms with Gasteiger partial charge in [0.2, 0.25) is 0 Å². The summed E-state index contributed by atoms with van der Waals surface area (Å²) in [4.78, 5) is 5.15. The average Bonchev–Trinajstić information content (AvgIpc) is 2.73. The molecule has 1 fully saturated rings. The van der Waals surface area contributed by atoms with E-state index in [2.05, 4.69) is 46.3 Å². The number of nitrogens with one attached hydrogen (secondary N) is 1. The molecule has 1 saturated heterocycles. The fourth-order valence-corrected chi connectivity index (χ4v) is 3.15. The maximum absolute atomic E-state index is 3.41. The zero-order chi connectivity index (χ0) is 12.4. The third-order valence-corrected chi connectivity index (χ3v) is 4.22.